The largest absolute Gasteiger partial charge is 0.369 e. The fourth-order valence-electron chi connectivity index (χ4n) is 2.90. The first-order chi connectivity index (χ1) is 12.8. The quantitative estimate of drug-likeness (QED) is 0.734. The van der Waals surface area contributed by atoms with Crippen LogP contribution in [0.15, 0.2) is 24.4 Å². The zero-order valence-corrected chi connectivity index (χ0v) is 16.1. The molecule has 1 atom stereocenters. The van der Waals surface area contributed by atoms with Gasteiger partial charge < -0.3 is 10.1 Å². The van der Waals surface area contributed by atoms with Crippen LogP contribution >= 0.6 is 0 Å². The van der Waals surface area contributed by atoms with Gasteiger partial charge in [0.05, 0.1) is 30.3 Å². The summed E-state index contributed by atoms with van der Waals surface area (Å²) in [7, 11) is -3.26. The predicted molar refractivity (Wildman–Crippen MR) is 98.7 cm³/mol. The SMILES string of the molecule is Cc1[nH]ncc1C(=O)NCCc1cccc(C2CN(S(C)(=O)=O)CCO2)n1. The number of aryl methyl sites for hydroxylation is 1. The Kier molecular flexibility index (Phi) is 5.88. The fourth-order valence-corrected chi connectivity index (χ4v) is 3.71. The first-order valence-electron chi connectivity index (χ1n) is 8.65. The topological polar surface area (TPSA) is 117 Å². The Balaban J connectivity index is 1.59. The normalized spacial score (nSPS) is 18.4. The maximum absolute atomic E-state index is 12.1. The lowest BCUT2D eigenvalue weighted by Crippen LogP contribution is -2.41. The molecular formula is C17H23N5O4S. The number of amides is 1. The molecule has 2 N–H and O–H groups in total. The Morgan fingerprint density at radius 1 is 1.44 bits per heavy atom. The molecule has 1 fully saturated rings. The van der Waals surface area contributed by atoms with Gasteiger partial charge in [-0.1, -0.05) is 6.07 Å². The summed E-state index contributed by atoms with van der Waals surface area (Å²) < 4.78 is 30.6. The van der Waals surface area contributed by atoms with Gasteiger partial charge in [-0.3, -0.25) is 14.9 Å². The minimum Gasteiger partial charge on any atom is -0.369 e. The molecule has 3 heterocycles. The van der Waals surface area contributed by atoms with Crippen LogP contribution in [-0.2, 0) is 21.2 Å². The van der Waals surface area contributed by atoms with Crippen molar-refractivity contribution in [3.63, 3.8) is 0 Å². The molecule has 0 bridgehead atoms. The molecular weight excluding hydrogens is 370 g/mol. The Labute approximate surface area is 158 Å². The number of H-pyrrole nitrogens is 1. The lowest BCUT2D eigenvalue weighted by atomic mass is 10.1. The Morgan fingerprint density at radius 2 is 2.26 bits per heavy atom. The van der Waals surface area contributed by atoms with Gasteiger partial charge in [-0.25, -0.2) is 8.42 Å². The molecule has 1 aliphatic heterocycles. The Bertz CT molecular complexity index is 912. The zero-order chi connectivity index (χ0) is 19.4. The minimum absolute atomic E-state index is 0.184. The number of sulfonamides is 1. The lowest BCUT2D eigenvalue weighted by molar-refractivity contribution is -0.00482. The van der Waals surface area contributed by atoms with Gasteiger partial charge in [-0.2, -0.15) is 9.40 Å². The number of nitrogens with one attached hydrogen (secondary N) is 2. The van der Waals surface area contributed by atoms with E-state index in [1.54, 1.807) is 6.92 Å². The van der Waals surface area contributed by atoms with Crippen LogP contribution in [0.2, 0.25) is 0 Å². The van der Waals surface area contributed by atoms with E-state index in [0.717, 1.165) is 11.4 Å². The van der Waals surface area contributed by atoms with Gasteiger partial charge in [-0.15, -0.1) is 0 Å². The number of ether oxygens (including phenoxy) is 1. The molecule has 146 valence electrons. The van der Waals surface area contributed by atoms with Crippen LogP contribution in [-0.4, -0.2) is 66.3 Å². The summed E-state index contributed by atoms with van der Waals surface area (Å²) in [6, 6.07) is 5.56. The molecule has 0 aromatic carbocycles. The highest BCUT2D eigenvalue weighted by molar-refractivity contribution is 7.88. The Hall–Kier alpha value is -2.30. The lowest BCUT2D eigenvalue weighted by Gasteiger charge is -2.31. The second-order valence-corrected chi connectivity index (χ2v) is 8.43. The third-order valence-electron chi connectivity index (χ3n) is 4.40. The van der Waals surface area contributed by atoms with Crippen molar-refractivity contribution in [2.75, 3.05) is 32.5 Å². The number of pyridine rings is 1. The maximum atomic E-state index is 12.1. The summed E-state index contributed by atoms with van der Waals surface area (Å²) >= 11 is 0. The van der Waals surface area contributed by atoms with Crippen molar-refractivity contribution in [1.29, 1.82) is 0 Å². The van der Waals surface area contributed by atoms with Crippen molar-refractivity contribution in [1.82, 2.24) is 24.8 Å². The molecule has 0 spiro atoms. The maximum Gasteiger partial charge on any atom is 0.254 e. The third-order valence-corrected chi connectivity index (χ3v) is 5.67. The Morgan fingerprint density at radius 3 is 2.96 bits per heavy atom. The van der Waals surface area contributed by atoms with Crippen LogP contribution < -0.4 is 5.32 Å². The monoisotopic (exact) mass is 393 g/mol. The summed E-state index contributed by atoms with van der Waals surface area (Å²) in [5.41, 5.74) is 2.74. The number of hydrogen-bond donors (Lipinski definition) is 2. The molecule has 10 heteroatoms. The number of nitrogens with zero attached hydrogens (tertiary/aromatic N) is 3. The standard InChI is InChI=1S/C17H23N5O4S/c1-12-14(10-19-21-12)17(23)18-7-6-13-4-3-5-15(20-13)16-11-22(8-9-26-16)27(2,24)25/h3-5,10,16H,6-9,11H2,1-2H3,(H,18,23)(H,19,21). The molecule has 2 aromatic rings. The van der Waals surface area contributed by atoms with Crippen LogP contribution in [0, 0.1) is 6.92 Å². The number of carbonyl (C=O) groups excluding carboxylic acids is 1. The fraction of sp³-hybridized carbons (Fsp3) is 0.471. The van der Waals surface area contributed by atoms with E-state index in [4.69, 9.17) is 4.74 Å². The smallest absolute Gasteiger partial charge is 0.254 e. The molecule has 0 aliphatic carbocycles. The van der Waals surface area contributed by atoms with Crippen LogP contribution in [0.5, 0.6) is 0 Å². The van der Waals surface area contributed by atoms with Gasteiger partial charge in [0.1, 0.15) is 6.10 Å². The number of rotatable bonds is 6. The molecule has 3 rings (SSSR count). The average molecular weight is 393 g/mol. The predicted octanol–water partition coefficient (Wildman–Crippen LogP) is 0.419. The van der Waals surface area contributed by atoms with E-state index in [1.807, 2.05) is 18.2 Å². The summed E-state index contributed by atoms with van der Waals surface area (Å²) in [5.74, 6) is -0.184. The van der Waals surface area contributed by atoms with Crippen molar-refractivity contribution in [2.45, 2.75) is 19.4 Å². The molecule has 9 nitrogen and oxygen atoms in total. The molecule has 1 unspecified atom stereocenters. The molecule has 1 saturated heterocycles. The zero-order valence-electron chi connectivity index (χ0n) is 15.3. The number of carbonyl (C=O) groups is 1. The summed E-state index contributed by atoms with van der Waals surface area (Å²) in [4.78, 5) is 16.7. The van der Waals surface area contributed by atoms with E-state index < -0.39 is 16.1 Å². The van der Waals surface area contributed by atoms with Gasteiger partial charge >= 0.3 is 0 Å². The van der Waals surface area contributed by atoms with E-state index >= 15 is 0 Å². The van der Waals surface area contributed by atoms with Gasteiger partial charge in [-0.05, 0) is 19.1 Å². The van der Waals surface area contributed by atoms with E-state index in [2.05, 4.69) is 20.5 Å². The third kappa shape index (κ3) is 4.90. The van der Waals surface area contributed by atoms with Crippen LogP contribution in [0.25, 0.3) is 0 Å². The first-order valence-corrected chi connectivity index (χ1v) is 10.5. The molecule has 0 radical (unpaired) electrons. The highest BCUT2D eigenvalue weighted by Gasteiger charge is 2.28. The number of hydrogen-bond acceptors (Lipinski definition) is 6. The number of aromatic nitrogens is 3. The summed E-state index contributed by atoms with van der Waals surface area (Å²) in [5, 5.41) is 9.41. The van der Waals surface area contributed by atoms with E-state index in [-0.39, 0.29) is 12.5 Å². The van der Waals surface area contributed by atoms with E-state index in [9.17, 15) is 13.2 Å². The van der Waals surface area contributed by atoms with E-state index in [1.165, 1.54) is 16.8 Å². The number of aromatic amines is 1. The van der Waals surface area contributed by atoms with Crippen LogP contribution in [0.3, 0.4) is 0 Å². The highest BCUT2D eigenvalue weighted by Crippen LogP contribution is 2.22. The van der Waals surface area contributed by atoms with Crippen molar-refractivity contribution in [3.8, 4) is 0 Å². The molecule has 0 saturated carbocycles. The second kappa shape index (κ2) is 8.15. The van der Waals surface area contributed by atoms with Gasteiger partial charge in [0.2, 0.25) is 10.0 Å². The van der Waals surface area contributed by atoms with Crippen LogP contribution in [0.1, 0.15) is 33.5 Å². The van der Waals surface area contributed by atoms with Crippen molar-refractivity contribution < 1.29 is 17.9 Å². The van der Waals surface area contributed by atoms with Gasteiger partial charge in [0, 0.05) is 37.4 Å². The summed E-state index contributed by atoms with van der Waals surface area (Å²) in [6.07, 6.45) is 2.86. The van der Waals surface area contributed by atoms with Crippen molar-refractivity contribution >= 4 is 15.9 Å². The van der Waals surface area contributed by atoms with Crippen molar-refractivity contribution in [3.05, 3.63) is 47.0 Å². The highest BCUT2D eigenvalue weighted by atomic mass is 32.2. The molecule has 1 aliphatic rings. The van der Waals surface area contributed by atoms with Gasteiger partial charge in [0.15, 0.2) is 0 Å². The van der Waals surface area contributed by atoms with Crippen LogP contribution in [0.4, 0.5) is 0 Å². The minimum atomic E-state index is -3.26. The first kappa shape index (κ1) is 19.5. The molecule has 27 heavy (non-hydrogen) atoms. The molecule has 1 amide bonds. The molecule has 2 aromatic heterocycles. The number of morpholine rings is 1. The van der Waals surface area contributed by atoms with Crippen molar-refractivity contribution in [2.24, 2.45) is 0 Å². The second-order valence-electron chi connectivity index (χ2n) is 6.45. The van der Waals surface area contributed by atoms with Gasteiger partial charge in [0.25, 0.3) is 5.91 Å². The summed E-state index contributed by atoms with van der Waals surface area (Å²) in [6.45, 7) is 3.17. The van der Waals surface area contributed by atoms with E-state index in [0.29, 0.717) is 37.4 Å². The average Bonchev–Trinajstić information content (AvgIpc) is 3.07.